The highest BCUT2D eigenvalue weighted by Gasteiger charge is 2.30. The maximum atomic E-state index is 12.1. The summed E-state index contributed by atoms with van der Waals surface area (Å²) in [6.07, 6.45) is 5.81. The molecule has 0 atom stereocenters. The van der Waals surface area contributed by atoms with Crippen LogP contribution in [0.5, 0.6) is 0 Å². The van der Waals surface area contributed by atoms with E-state index in [4.69, 9.17) is 9.84 Å². The standard InChI is InChI=1S/C15H25NO4/c1-4-9-15(2,3)11-20-14(19)16(10-13(17)18)12-7-5-6-8-12/h4,12H,1,5-11H2,2-3H3,(H,17,18). The van der Waals surface area contributed by atoms with E-state index in [9.17, 15) is 9.59 Å². The minimum atomic E-state index is -1.00. The molecule has 0 bridgehead atoms. The first kappa shape index (κ1) is 16.5. The van der Waals surface area contributed by atoms with Crippen molar-refractivity contribution in [3.8, 4) is 0 Å². The van der Waals surface area contributed by atoms with Gasteiger partial charge >= 0.3 is 12.1 Å². The first-order valence-electron chi connectivity index (χ1n) is 7.12. The van der Waals surface area contributed by atoms with Gasteiger partial charge in [0.25, 0.3) is 0 Å². The molecule has 1 fully saturated rings. The summed E-state index contributed by atoms with van der Waals surface area (Å²) < 4.78 is 5.31. The minimum absolute atomic E-state index is 0.00103. The van der Waals surface area contributed by atoms with Crippen LogP contribution in [0.4, 0.5) is 4.79 Å². The highest BCUT2D eigenvalue weighted by atomic mass is 16.6. The molecule has 0 aromatic carbocycles. The lowest BCUT2D eigenvalue weighted by Crippen LogP contribution is -2.43. The van der Waals surface area contributed by atoms with Crippen LogP contribution in [-0.4, -0.2) is 41.3 Å². The van der Waals surface area contributed by atoms with Crippen LogP contribution in [0, 0.1) is 5.41 Å². The quantitative estimate of drug-likeness (QED) is 0.729. The van der Waals surface area contributed by atoms with Gasteiger partial charge in [-0.3, -0.25) is 9.69 Å². The molecule has 1 rings (SSSR count). The van der Waals surface area contributed by atoms with Crippen molar-refractivity contribution in [1.29, 1.82) is 0 Å². The molecule has 20 heavy (non-hydrogen) atoms. The number of nitrogens with zero attached hydrogens (tertiary/aromatic N) is 1. The van der Waals surface area contributed by atoms with Gasteiger partial charge in [-0.15, -0.1) is 6.58 Å². The summed E-state index contributed by atoms with van der Waals surface area (Å²) >= 11 is 0. The molecular weight excluding hydrogens is 258 g/mol. The largest absolute Gasteiger partial charge is 0.480 e. The lowest BCUT2D eigenvalue weighted by Gasteiger charge is -2.29. The molecular formula is C15H25NO4. The molecule has 1 saturated carbocycles. The van der Waals surface area contributed by atoms with Crippen molar-refractivity contribution in [2.45, 2.75) is 52.0 Å². The summed E-state index contributed by atoms with van der Waals surface area (Å²) in [6, 6.07) is 0.00103. The van der Waals surface area contributed by atoms with E-state index in [0.717, 1.165) is 32.1 Å². The third kappa shape index (κ3) is 5.23. The number of carboxylic acid groups (broad SMARTS) is 1. The molecule has 5 heteroatoms. The van der Waals surface area contributed by atoms with Gasteiger partial charge in [0.1, 0.15) is 6.54 Å². The number of carboxylic acids is 1. The second-order valence-electron chi connectivity index (χ2n) is 6.17. The van der Waals surface area contributed by atoms with E-state index in [-0.39, 0.29) is 24.6 Å². The van der Waals surface area contributed by atoms with Crippen LogP contribution in [0.1, 0.15) is 46.0 Å². The van der Waals surface area contributed by atoms with Gasteiger partial charge in [0.05, 0.1) is 6.61 Å². The molecule has 114 valence electrons. The van der Waals surface area contributed by atoms with E-state index in [1.165, 1.54) is 4.90 Å². The second-order valence-corrected chi connectivity index (χ2v) is 6.17. The predicted molar refractivity (Wildman–Crippen MR) is 76.5 cm³/mol. The Kier molecular flexibility index (Phi) is 6.05. The number of hydrogen-bond donors (Lipinski definition) is 1. The molecule has 0 aromatic rings. The van der Waals surface area contributed by atoms with E-state index >= 15 is 0 Å². The van der Waals surface area contributed by atoms with E-state index in [0.29, 0.717) is 0 Å². The van der Waals surface area contributed by atoms with E-state index in [2.05, 4.69) is 6.58 Å². The Bertz CT molecular complexity index is 359. The smallest absolute Gasteiger partial charge is 0.410 e. The Balaban J connectivity index is 2.58. The lowest BCUT2D eigenvalue weighted by molar-refractivity contribution is -0.138. The summed E-state index contributed by atoms with van der Waals surface area (Å²) in [5, 5.41) is 8.94. The van der Waals surface area contributed by atoms with Crippen LogP contribution in [0.3, 0.4) is 0 Å². The van der Waals surface area contributed by atoms with Crippen molar-refractivity contribution in [1.82, 2.24) is 4.90 Å². The van der Waals surface area contributed by atoms with Crippen LogP contribution in [0.15, 0.2) is 12.7 Å². The number of carbonyl (C=O) groups excluding carboxylic acids is 1. The second kappa shape index (κ2) is 7.31. The van der Waals surface area contributed by atoms with Gasteiger partial charge in [-0.1, -0.05) is 32.8 Å². The molecule has 0 aliphatic heterocycles. The van der Waals surface area contributed by atoms with Crippen molar-refractivity contribution >= 4 is 12.1 Å². The Morgan fingerprint density at radius 1 is 1.40 bits per heavy atom. The van der Waals surface area contributed by atoms with Crippen LogP contribution in [0.25, 0.3) is 0 Å². The fraction of sp³-hybridized carbons (Fsp3) is 0.733. The SMILES string of the molecule is C=CCC(C)(C)COC(=O)N(CC(=O)O)C1CCCC1. The number of allylic oxidation sites excluding steroid dienone is 1. The fourth-order valence-electron chi connectivity index (χ4n) is 2.49. The maximum absolute atomic E-state index is 12.1. The number of hydrogen-bond acceptors (Lipinski definition) is 3. The molecule has 0 radical (unpaired) electrons. The van der Waals surface area contributed by atoms with Crippen molar-refractivity contribution < 1.29 is 19.4 Å². The maximum Gasteiger partial charge on any atom is 0.410 e. The number of carbonyl (C=O) groups is 2. The zero-order valence-electron chi connectivity index (χ0n) is 12.4. The number of amides is 1. The number of aliphatic carboxylic acids is 1. The van der Waals surface area contributed by atoms with Gasteiger partial charge in [0.15, 0.2) is 0 Å². The summed E-state index contributed by atoms with van der Waals surface area (Å²) in [5.41, 5.74) is -0.179. The normalized spacial score (nSPS) is 15.9. The fourth-order valence-corrected chi connectivity index (χ4v) is 2.49. The van der Waals surface area contributed by atoms with Crippen molar-refractivity contribution in [2.75, 3.05) is 13.2 Å². The number of ether oxygens (including phenoxy) is 1. The highest BCUT2D eigenvalue weighted by Crippen LogP contribution is 2.25. The van der Waals surface area contributed by atoms with E-state index < -0.39 is 12.1 Å². The average molecular weight is 283 g/mol. The van der Waals surface area contributed by atoms with Gasteiger partial charge in [0, 0.05) is 11.5 Å². The van der Waals surface area contributed by atoms with Gasteiger partial charge in [-0.25, -0.2) is 4.79 Å². The Morgan fingerprint density at radius 2 is 2.00 bits per heavy atom. The zero-order valence-corrected chi connectivity index (χ0v) is 12.4. The van der Waals surface area contributed by atoms with Crippen LogP contribution in [0.2, 0.25) is 0 Å². The first-order chi connectivity index (χ1) is 9.35. The zero-order chi connectivity index (χ0) is 15.2. The molecule has 0 saturated heterocycles. The van der Waals surface area contributed by atoms with Gasteiger partial charge in [-0.05, 0) is 19.3 Å². The summed E-state index contributed by atoms with van der Waals surface area (Å²) in [6.45, 7) is 7.63. The average Bonchev–Trinajstić information content (AvgIpc) is 2.86. The monoisotopic (exact) mass is 283 g/mol. The topological polar surface area (TPSA) is 66.8 Å². The van der Waals surface area contributed by atoms with Crippen molar-refractivity contribution in [3.63, 3.8) is 0 Å². The van der Waals surface area contributed by atoms with E-state index in [1.807, 2.05) is 13.8 Å². The molecule has 1 N–H and O–H groups in total. The van der Waals surface area contributed by atoms with Gasteiger partial charge in [-0.2, -0.15) is 0 Å². The van der Waals surface area contributed by atoms with Gasteiger partial charge in [0.2, 0.25) is 0 Å². The first-order valence-corrected chi connectivity index (χ1v) is 7.12. The minimum Gasteiger partial charge on any atom is -0.480 e. The van der Waals surface area contributed by atoms with Crippen LogP contribution < -0.4 is 0 Å². The van der Waals surface area contributed by atoms with Gasteiger partial charge < -0.3 is 9.84 Å². The number of rotatable bonds is 7. The predicted octanol–water partition coefficient (Wildman–Crippen LogP) is 3.05. The van der Waals surface area contributed by atoms with Crippen molar-refractivity contribution in [3.05, 3.63) is 12.7 Å². The Hall–Kier alpha value is -1.52. The van der Waals surface area contributed by atoms with Crippen LogP contribution >= 0.6 is 0 Å². The molecule has 5 nitrogen and oxygen atoms in total. The molecule has 0 heterocycles. The molecule has 1 aliphatic carbocycles. The lowest BCUT2D eigenvalue weighted by atomic mass is 9.91. The molecule has 0 unspecified atom stereocenters. The summed E-state index contributed by atoms with van der Waals surface area (Å²) in [7, 11) is 0. The Morgan fingerprint density at radius 3 is 2.50 bits per heavy atom. The summed E-state index contributed by atoms with van der Waals surface area (Å²) in [4.78, 5) is 24.4. The third-order valence-corrected chi connectivity index (χ3v) is 3.59. The summed E-state index contributed by atoms with van der Waals surface area (Å²) in [5.74, 6) is -1.00. The Labute approximate surface area is 120 Å². The van der Waals surface area contributed by atoms with Crippen molar-refractivity contribution in [2.24, 2.45) is 5.41 Å². The van der Waals surface area contributed by atoms with Crippen LogP contribution in [-0.2, 0) is 9.53 Å². The molecule has 0 aromatic heterocycles. The molecule has 1 aliphatic rings. The molecule has 1 amide bonds. The molecule has 0 spiro atoms. The van der Waals surface area contributed by atoms with E-state index in [1.54, 1.807) is 6.08 Å². The highest BCUT2D eigenvalue weighted by molar-refractivity contribution is 5.77. The third-order valence-electron chi connectivity index (χ3n) is 3.59.